The molecule has 0 atom stereocenters. The zero-order chi connectivity index (χ0) is 12.8. The van der Waals surface area contributed by atoms with E-state index in [9.17, 15) is 4.79 Å². The number of hydrogen-bond acceptors (Lipinski definition) is 2. The van der Waals surface area contributed by atoms with Crippen LogP contribution in [0, 0.1) is 5.92 Å². The molecule has 104 valence electrons. The lowest BCUT2D eigenvalue weighted by molar-refractivity contribution is -0.132. The number of carbonyl (C=O) groups excluding carboxylic acids is 1. The highest BCUT2D eigenvalue weighted by Gasteiger charge is 2.22. The Bertz CT molecular complexity index is 255. The molecule has 1 saturated heterocycles. The van der Waals surface area contributed by atoms with Crippen molar-refractivity contribution in [3.63, 3.8) is 0 Å². The van der Waals surface area contributed by atoms with E-state index < -0.39 is 0 Å². The number of amides is 1. The highest BCUT2D eigenvalue weighted by molar-refractivity contribution is 5.76. The molecule has 1 heterocycles. The predicted octanol–water partition coefficient (Wildman–Crippen LogP) is 2.56. The molecule has 1 N–H and O–H groups in total. The summed E-state index contributed by atoms with van der Waals surface area (Å²) in [6, 6.07) is 0.477. The van der Waals surface area contributed by atoms with Crippen molar-refractivity contribution >= 4 is 5.91 Å². The maximum atomic E-state index is 12.1. The molecule has 0 aromatic heterocycles. The van der Waals surface area contributed by atoms with E-state index in [0.29, 0.717) is 11.9 Å². The van der Waals surface area contributed by atoms with Crippen molar-refractivity contribution in [3.05, 3.63) is 0 Å². The molecule has 0 spiro atoms. The van der Waals surface area contributed by atoms with E-state index in [1.165, 1.54) is 32.1 Å². The first-order valence-corrected chi connectivity index (χ1v) is 7.74. The third-order valence-corrected chi connectivity index (χ3v) is 4.73. The fraction of sp³-hybridized carbons (Fsp3) is 0.933. The summed E-state index contributed by atoms with van der Waals surface area (Å²) in [6.45, 7) is 2.12. The maximum absolute atomic E-state index is 12.1. The van der Waals surface area contributed by atoms with E-state index in [-0.39, 0.29) is 0 Å². The van der Waals surface area contributed by atoms with Gasteiger partial charge in [0.05, 0.1) is 0 Å². The third-order valence-electron chi connectivity index (χ3n) is 4.73. The summed E-state index contributed by atoms with van der Waals surface area (Å²) in [6.07, 6.45) is 11.0. The Kier molecular flexibility index (Phi) is 5.48. The molecule has 1 saturated carbocycles. The largest absolute Gasteiger partial charge is 0.343 e. The van der Waals surface area contributed by atoms with Gasteiger partial charge in [-0.25, -0.2) is 0 Å². The number of hydrogen-bond donors (Lipinski definition) is 1. The van der Waals surface area contributed by atoms with Crippen LogP contribution in [0.5, 0.6) is 0 Å². The molecule has 1 aliphatic carbocycles. The lowest BCUT2D eigenvalue weighted by Gasteiger charge is -2.31. The van der Waals surface area contributed by atoms with Crippen LogP contribution in [0.15, 0.2) is 0 Å². The van der Waals surface area contributed by atoms with Crippen LogP contribution in [0.25, 0.3) is 0 Å². The zero-order valence-electron chi connectivity index (χ0n) is 11.8. The van der Waals surface area contributed by atoms with Gasteiger partial charge in [0.15, 0.2) is 0 Å². The second-order valence-electron chi connectivity index (χ2n) is 6.03. The average Bonchev–Trinajstić information content (AvgIpc) is 2.92. The quantitative estimate of drug-likeness (QED) is 0.815. The van der Waals surface area contributed by atoms with Crippen molar-refractivity contribution in [2.45, 2.75) is 63.8 Å². The minimum Gasteiger partial charge on any atom is -0.343 e. The van der Waals surface area contributed by atoms with Gasteiger partial charge in [0.2, 0.25) is 5.91 Å². The Morgan fingerprint density at radius 1 is 1.17 bits per heavy atom. The molecular formula is C15H28N2O. The summed E-state index contributed by atoms with van der Waals surface area (Å²) in [4.78, 5) is 14.1. The molecule has 0 aromatic rings. The van der Waals surface area contributed by atoms with Crippen molar-refractivity contribution in [2.75, 3.05) is 20.1 Å². The van der Waals surface area contributed by atoms with Gasteiger partial charge in [-0.1, -0.05) is 25.7 Å². The molecule has 3 nitrogen and oxygen atoms in total. The van der Waals surface area contributed by atoms with Gasteiger partial charge in [0, 0.05) is 19.5 Å². The van der Waals surface area contributed by atoms with Gasteiger partial charge < -0.3 is 10.2 Å². The van der Waals surface area contributed by atoms with Gasteiger partial charge in [-0.05, 0) is 44.7 Å². The van der Waals surface area contributed by atoms with E-state index >= 15 is 0 Å². The minimum absolute atomic E-state index is 0.361. The summed E-state index contributed by atoms with van der Waals surface area (Å²) < 4.78 is 0. The Morgan fingerprint density at radius 3 is 2.50 bits per heavy atom. The van der Waals surface area contributed by atoms with Crippen molar-refractivity contribution in [3.8, 4) is 0 Å². The third kappa shape index (κ3) is 3.98. The lowest BCUT2D eigenvalue weighted by Crippen LogP contribution is -2.43. The molecule has 18 heavy (non-hydrogen) atoms. The van der Waals surface area contributed by atoms with E-state index in [4.69, 9.17) is 0 Å². The average molecular weight is 252 g/mol. The number of nitrogens with one attached hydrogen (secondary N) is 1. The molecule has 3 heteroatoms. The molecule has 0 bridgehead atoms. The van der Waals surface area contributed by atoms with Crippen LogP contribution in [0.3, 0.4) is 0 Å². The number of nitrogens with zero attached hydrogens (tertiary/aromatic N) is 1. The minimum atomic E-state index is 0.361. The fourth-order valence-corrected chi connectivity index (χ4v) is 3.41. The van der Waals surface area contributed by atoms with Gasteiger partial charge in [-0.2, -0.15) is 0 Å². The smallest absolute Gasteiger partial charge is 0.222 e. The van der Waals surface area contributed by atoms with Crippen LogP contribution < -0.4 is 5.32 Å². The van der Waals surface area contributed by atoms with Crippen LogP contribution >= 0.6 is 0 Å². The topological polar surface area (TPSA) is 32.3 Å². The Labute approximate surface area is 111 Å². The monoisotopic (exact) mass is 252 g/mol. The van der Waals surface area contributed by atoms with Crippen LogP contribution in [0.4, 0.5) is 0 Å². The number of carbonyl (C=O) groups is 1. The van der Waals surface area contributed by atoms with E-state index in [1.54, 1.807) is 0 Å². The van der Waals surface area contributed by atoms with Crippen molar-refractivity contribution in [1.29, 1.82) is 0 Å². The van der Waals surface area contributed by atoms with Gasteiger partial charge >= 0.3 is 0 Å². The summed E-state index contributed by atoms with van der Waals surface area (Å²) in [5.41, 5.74) is 0. The fourth-order valence-electron chi connectivity index (χ4n) is 3.41. The molecule has 0 unspecified atom stereocenters. The van der Waals surface area contributed by atoms with Crippen LogP contribution in [-0.2, 0) is 4.79 Å². The predicted molar refractivity (Wildman–Crippen MR) is 74.5 cm³/mol. The Balaban J connectivity index is 1.63. The zero-order valence-corrected chi connectivity index (χ0v) is 11.8. The molecule has 2 aliphatic rings. The van der Waals surface area contributed by atoms with Gasteiger partial charge in [-0.15, -0.1) is 0 Å². The SMILES string of the molecule is CN(C(=O)CCCC1CCCC1)C1CCNCC1. The molecule has 0 aromatic carbocycles. The summed E-state index contributed by atoms with van der Waals surface area (Å²) in [7, 11) is 1.99. The molecule has 2 rings (SSSR count). The second kappa shape index (κ2) is 7.13. The van der Waals surface area contributed by atoms with E-state index in [2.05, 4.69) is 5.32 Å². The van der Waals surface area contributed by atoms with Crippen LogP contribution in [0.1, 0.15) is 57.8 Å². The highest BCUT2D eigenvalue weighted by Crippen LogP contribution is 2.29. The summed E-state index contributed by atoms with van der Waals surface area (Å²) in [5, 5.41) is 3.35. The molecule has 2 fully saturated rings. The Hall–Kier alpha value is -0.570. The van der Waals surface area contributed by atoms with Crippen molar-refractivity contribution in [1.82, 2.24) is 10.2 Å². The van der Waals surface area contributed by atoms with E-state index in [0.717, 1.165) is 44.7 Å². The summed E-state index contributed by atoms with van der Waals surface area (Å²) >= 11 is 0. The van der Waals surface area contributed by atoms with E-state index in [1.807, 2.05) is 11.9 Å². The molecule has 0 radical (unpaired) electrons. The van der Waals surface area contributed by atoms with Crippen LogP contribution in [-0.4, -0.2) is 37.0 Å². The normalized spacial score (nSPS) is 22.3. The summed E-state index contributed by atoms with van der Waals surface area (Å²) in [5.74, 6) is 1.28. The molecule has 1 aliphatic heterocycles. The van der Waals surface area contributed by atoms with Gasteiger partial charge in [0.1, 0.15) is 0 Å². The number of rotatable bonds is 5. The van der Waals surface area contributed by atoms with Gasteiger partial charge in [0.25, 0.3) is 0 Å². The second-order valence-corrected chi connectivity index (χ2v) is 6.03. The van der Waals surface area contributed by atoms with Crippen molar-refractivity contribution in [2.24, 2.45) is 5.92 Å². The van der Waals surface area contributed by atoms with Gasteiger partial charge in [-0.3, -0.25) is 4.79 Å². The standard InChI is InChI=1S/C15H28N2O/c1-17(14-9-11-16-12-10-14)15(18)8-4-7-13-5-2-3-6-13/h13-14,16H,2-12H2,1H3. The molecular weight excluding hydrogens is 224 g/mol. The maximum Gasteiger partial charge on any atom is 0.222 e. The Morgan fingerprint density at radius 2 is 1.83 bits per heavy atom. The highest BCUT2D eigenvalue weighted by atomic mass is 16.2. The number of piperidine rings is 1. The first kappa shape index (κ1) is 13.9. The molecule has 1 amide bonds. The van der Waals surface area contributed by atoms with Crippen molar-refractivity contribution < 1.29 is 4.79 Å². The van der Waals surface area contributed by atoms with Crippen LogP contribution in [0.2, 0.25) is 0 Å². The first-order chi connectivity index (χ1) is 8.77. The lowest BCUT2D eigenvalue weighted by atomic mass is 9.99. The first-order valence-electron chi connectivity index (χ1n) is 7.74.